The minimum atomic E-state index is -4.68. The zero-order valence-corrected chi connectivity index (χ0v) is 13.1. The summed E-state index contributed by atoms with van der Waals surface area (Å²) in [6.45, 7) is -0.557. The van der Waals surface area contributed by atoms with Crippen LogP contribution in [-0.4, -0.2) is 28.7 Å². The summed E-state index contributed by atoms with van der Waals surface area (Å²) in [5.74, 6) is 0.176. The van der Waals surface area contributed by atoms with Crippen LogP contribution in [0.1, 0.15) is 29.9 Å². The first-order valence-corrected chi connectivity index (χ1v) is 7.94. The third-order valence-electron chi connectivity index (χ3n) is 4.80. The van der Waals surface area contributed by atoms with Crippen LogP contribution < -0.4 is 10.2 Å². The third kappa shape index (κ3) is 2.35. The zero-order chi connectivity index (χ0) is 17.7. The Morgan fingerprint density at radius 1 is 1.12 bits per heavy atom. The maximum absolute atomic E-state index is 14.3. The molecule has 8 heteroatoms. The Labute approximate surface area is 141 Å². The number of halogens is 3. The van der Waals surface area contributed by atoms with Crippen molar-refractivity contribution in [2.45, 2.75) is 30.5 Å². The van der Waals surface area contributed by atoms with E-state index in [1.807, 2.05) is 0 Å². The lowest BCUT2D eigenvalue weighted by atomic mass is 9.88. The number of alkyl halides is 3. The van der Waals surface area contributed by atoms with Gasteiger partial charge in [-0.05, 0) is 48.1 Å². The molecular weight excluding hydrogens is 333 g/mol. The average Bonchev–Trinajstić information content (AvgIpc) is 3.37. The summed E-state index contributed by atoms with van der Waals surface area (Å²) in [6, 6.07) is 3.53. The SMILES string of the molecule is O=C1NCC(c2ccncc2)(C(F)(F)F)N1c1cnccc1C1CC1. The second-order valence-corrected chi connectivity index (χ2v) is 6.30. The Hall–Kier alpha value is -2.64. The average molecular weight is 348 g/mol. The van der Waals surface area contributed by atoms with E-state index in [2.05, 4.69) is 15.3 Å². The number of hydrogen-bond acceptors (Lipinski definition) is 3. The summed E-state index contributed by atoms with van der Waals surface area (Å²) < 4.78 is 42.9. The summed E-state index contributed by atoms with van der Waals surface area (Å²) in [5, 5.41) is 2.37. The lowest BCUT2D eigenvalue weighted by Gasteiger charge is -2.39. The number of amides is 2. The molecule has 25 heavy (non-hydrogen) atoms. The number of nitrogens with zero attached hydrogens (tertiary/aromatic N) is 3. The van der Waals surface area contributed by atoms with Crippen LogP contribution in [0.2, 0.25) is 0 Å². The van der Waals surface area contributed by atoms with E-state index >= 15 is 0 Å². The number of nitrogens with one attached hydrogen (secondary N) is 1. The first kappa shape index (κ1) is 15.9. The minimum Gasteiger partial charge on any atom is -0.335 e. The molecule has 130 valence electrons. The van der Waals surface area contributed by atoms with Gasteiger partial charge in [0.25, 0.3) is 0 Å². The highest BCUT2D eigenvalue weighted by Gasteiger charge is 2.65. The molecule has 1 atom stereocenters. The van der Waals surface area contributed by atoms with Crippen LogP contribution in [0, 0.1) is 0 Å². The monoisotopic (exact) mass is 348 g/mol. The Bertz CT molecular complexity index is 807. The lowest BCUT2D eigenvalue weighted by molar-refractivity contribution is -0.183. The van der Waals surface area contributed by atoms with Crippen LogP contribution in [-0.2, 0) is 5.54 Å². The van der Waals surface area contributed by atoms with Gasteiger partial charge in [-0.15, -0.1) is 0 Å². The largest absolute Gasteiger partial charge is 0.418 e. The Morgan fingerprint density at radius 3 is 2.44 bits per heavy atom. The third-order valence-corrected chi connectivity index (χ3v) is 4.80. The Kier molecular flexibility index (Phi) is 3.45. The van der Waals surface area contributed by atoms with Crippen molar-refractivity contribution in [3.8, 4) is 0 Å². The predicted octanol–water partition coefficient (Wildman–Crippen LogP) is 3.34. The molecule has 1 aliphatic carbocycles. The summed E-state index contributed by atoms with van der Waals surface area (Å²) in [6.07, 6.45) is 2.63. The number of aromatic nitrogens is 2. The molecule has 0 radical (unpaired) electrons. The first-order valence-electron chi connectivity index (χ1n) is 7.94. The molecule has 5 nitrogen and oxygen atoms in total. The van der Waals surface area contributed by atoms with E-state index in [0.29, 0.717) is 0 Å². The van der Waals surface area contributed by atoms with E-state index in [1.54, 1.807) is 12.3 Å². The van der Waals surface area contributed by atoms with Crippen molar-refractivity contribution in [1.82, 2.24) is 15.3 Å². The molecule has 1 saturated carbocycles. The molecule has 3 heterocycles. The van der Waals surface area contributed by atoms with Gasteiger partial charge in [0, 0.05) is 18.6 Å². The van der Waals surface area contributed by atoms with Crippen molar-refractivity contribution in [3.63, 3.8) is 0 Å². The number of urea groups is 1. The van der Waals surface area contributed by atoms with Gasteiger partial charge in [0.15, 0.2) is 5.54 Å². The van der Waals surface area contributed by atoms with Crippen LogP contribution in [0.25, 0.3) is 0 Å². The van der Waals surface area contributed by atoms with Gasteiger partial charge in [-0.3, -0.25) is 14.9 Å². The quantitative estimate of drug-likeness (QED) is 0.926. The number of rotatable bonds is 3. The number of anilines is 1. The molecule has 2 aromatic rings. The molecule has 0 bridgehead atoms. The van der Waals surface area contributed by atoms with Gasteiger partial charge in [-0.1, -0.05) is 0 Å². The summed E-state index contributed by atoms with van der Waals surface area (Å²) >= 11 is 0. The Balaban J connectivity index is 1.94. The Morgan fingerprint density at radius 2 is 1.80 bits per heavy atom. The van der Waals surface area contributed by atoms with Gasteiger partial charge >= 0.3 is 12.2 Å². The topological polar surface area (TPSA) is 58.1 Å². The van der Waals surface area contributed by atoms with E-state index in [9.17, 15) is 18.0 Å². The molecule has 0 aromatic carbocycles. The van der Waals surface area contributed by atoms with Gasteiger partial charge in [0.05, 0.1) is 18.4 Å². The van der Waals surface area contributed by atoms with Crippen molar-refractivity contribution in [3.05, 3.63) is 54.1 Å². The first-order chi connectivity index (χ1) is 11.9. The normalized spacial score (nSPS) is 23.6. The van der Waals surface area contributed by atoms with Crippen molar-refractivity contribution in [2.75, 3.05) is 11.4 Å². The summed E-state index contributed by atoms with van der Waals surface area (Å²) in [4.78, 5) is 21.1. The molecule has 2 fully saturated rings. The fourth-order valence-corrected chi connectivity index (χ4v) is 3.42. The van der Waals surface area contributed by atoms with Crippen LogP contribution >= 0.6 is 0 Å². The number of carbonyl (C=O) groups is 1. The predicted molar refractivity (Wildman–Crippen MR) is 84.1 cm³/mol. The molecule has 0 spiro atoms. The van der Waals surface area contributed by atoms with E-state index in [0.717, 1.165) is 23.3 Å². The van der Waals surface area contributed by atoms with Crippen molar-refractivity contribution >= 4 is 11.7 Å². The van der Waals surface area contributed by atoms with E-state index in [1.165, 1.54) is 30.7 Å². The van der Waals surface area contributed by atoms with Crippen LogP contribution in [0.4, 0.5) is 23.7 Å². The van der Waals surface area contributed by atoms with Crippen molar-refractivity contribution in [2.24, 2.45) is 0 Å². The molecular formula is C17H15F3N4O. The maximum atomic E-state index is 14.3. The van der Waals surface area contributed by atoms with Crippen molar-refractivity contribution < 1.29 is 18.0 Å². The van der Waals surface area contributed by atoms with Gasteiger partial charge in [-0.2, -0.15) is 13.2 Å². The van der Waals surface area contributed by atoms with E-state index in [-0.39, 0.29) is 17.2 Å². The van der Waals surface area contributed by atoms with Gasteiger partial charge in [0.1, 0.15) is 0 Å². The van der Waals surface area contributed by atoms with E-state index < -0.39 is 24.3 Å². The highest BCUT2D eigenvalue weighted by molar-refractivity contribution is 5.97. The molecule has 1 saturated heterocycles. The number of carbonyl (C=O) groups excluding carboxylic acids is 1. The standard InChI is InChI=1S/C17H15F3N4O/c18-17(19,20)16(12-3-6-21-7-4-12)10-23-15(25)24(16)14-9-22-8-5-13(14)11-1-2-11/h3-9,11H,1-2,10H2,(H,23,25). The number of pyridine rings is 2. The molecule has 1 unspecified atom stereocenters. The fourth-order valence-electron chi connectivity index (χ4n) is 3.42. The van der Waals surface area contributed by atoms with Gasteiger partial charge in [0.2, 0.25) is 0 Å². The highest BCUT2D eigenvalue weighted by Crippen LogP contribution is 2.51. The molecule has 2 aromatic heterocycles. The van der Waals surface area contributed by atoms with Gasteiger partial charge < -0.3 is 5.32 Å². The molecule has 2 aliphatic rings. The van der Waals surface area contributed by atoms with Crippen LogP contribution in [0.5, 0.6) is 0 Å². The molecule has 2 amide bonds. The fraction of sp³-hybridized carbons (Fsp3) is 0.353. The lowest BCUT2D eigenvalue weighted by Crippen LogP contribution is -2.55. The molecule has 1 N–H and O–H groups in total. The summed E-state index contributed by atoms with van der Waals surface area (Å²) in [7, 11) is 0. The minimum absolute atomic E-state index is 0.0287. The van der Waals surface area contributed by atoms with Crippen molar-refractivity contribution in [1.29, 1.82) is 0 Å². The van der Waals surface area contributed by atoms with Crippen LogP contribution in [0.15, 0.2) is 43.0 Å². The second-order valence-electron chi connectivity index (χ2n) is 6.30. The smallest absolute Gasteiger partial charge is 0.335 e. The van der Waals surface area contributed by atoms with E-state index in [4.69, 9.17) is 0 Å². The summed E-state index contributed by atoms with van der Waals surface area (Å²) in [5.41, 5.74) is -1.57. The highest BCUT2D eigenvalue weighted by atomic mass is 19.4. The maximum Gasteiger partial charge on any atom is 0.418 e. The molecule has 4 rings (SSSR count). The number of hydrogen-bond donors (Lipinski definition) is 1. The molecule has 1 aliphatic heterocycles. The van der Waals surface area contributed by atoms with Crippen LogP contribution in [0.3, 0.4) is 0 Å². The second kappa shape index (κ2) is 5.44. The van der Waals surface area contributed by atoms with Gasteiger partial charge in [-0.25, -0.2) is 4.79 Å². The zero-order valence-electron chi connectivity index (χ0n) is 13.1.